The molecule has 0 radical (unpaired) electrons. The van der Waals surface area contributed by atoms with Crippen molar-refractivity contribution in [1.29, 1.82) is 0 Å². The van der Waals surface area contributed by atoms with Crippen molar-refractivity contribution in [3.8, 4) is 11.5 Å². The second kappa shape index (κ2) is 4.35. The second-order valence-corrected chi connectivity index (χ2v) is 6.05. The first kappa shape index (κ1) is 12.7. The van der Waals surface area contributed by atoms with Gasteiger partial charge in [-0.3, -0.25) is 4.79 Å². The largest absolute Gasteiger partial charge is 0.507 e. The van der Waals surface area contributed by atoms with Gasteiger partial charge in [-0.15, -0.1) is 0 Å². The third-order valence-electron chi connectivity index (χ3n) is 3.28. The number of hydrogen-bond donors (Lipinski definition) is 2. The van der Waals surface area contributed by atoms with E-state index in [9.17, 15) is 15.0 Å². The van der Waals surface area contributed by atoms with Crippen LogP contribution in [0.25, 0.3) is 0 Å². The van der Waals surface area contributed by atoms with E-state index in [0.29, 0.717) is 6.42 Å². The Kier molecular flexibility index (Phi) is 2.91. The smallest absolute Gasteiger partial charge is 0.201 e. The first-order valence-electron chi connectivity index (χ1n) is 5.56. The van der Waals surface area contributed by atoms with Crippen LogP contribution in [0.1, 0.15) is 27.0 Å². The highest BCUT2D eigenvalue weighted by Crippen LogP contribution is 2.41. The molecule has 0 atom stereocenters. The molecule has 0 amide bonds. The van der Waals surface area contributed by atoms with Gasteiger partial charge in [0.15, 0.2) is 0 Å². The van der Waals surface area contributed by atoms with Crippen molar-refractivity contribution in [2.24, 2.45) is 0 Å². The lowest BCUT2D eigenvalue weighted by Crippen LogP contribution is -2.16. The van der Waals surface area contributed by atoms with Crippen LogP contribution in [0, 0.1) is 0 Å². The van der Waals surface area contributed by atoms with E-state index in [0.717, 1.165) is 20.1 Å². The number of carbonyl (C=O) groups is 1. The van der Waals surface area contributed by atoms with Gasteiger partial charge in [0.1, 0.15) is 11.5 Å². The fraction of sp³-hybridized carbons (Fsp3) is 0.0714. The van der Waals surface area contributed by atoms with E-state index in [1.165, 1.54) is 12.1 Å². The van der Waals surface area contributed by atoms with Gasteiger partial charge in [0.25, 0.3) is 0 Å². The molecule has 0 bridgehead atoms. The molecule has 19 heavy (non-hydrogen) atoms. The van der Waals surface area contributed by atoms with Crippen LogP contribution in [0.4, 0.5) is 0 Å². The van der Waals surface area contributed by atoms with E-state index in [2.05, 4.69) is 31.9 Å². The lowest BCUT2D eigenvalue weighted by atomic mass is 9.84. The van der Waals surface area contributed by atoms with Crippen molar-refractivity contribution >= 4 is 37.6 Å². The van der Waals surface area contributed by atoms with E-state index in [4.69, 9.17) is 0 Å². The SMILES string of the molecule is O=C1c2c(O)ccc(Br)c2Cc2c(Br)ccc(O)c21. The molecule has 0 aliphatic heterocycles. The maximum atomic E-state index is 12.5. The van der Waals surface area contributed by atoms with Gasteiger partial charge in [-0.1, -0.05) is 31.9 Å². The fourth-order valence-corrected chi connectivity index (χ4v) is 3.32. The first-order chi connectivity index (χ1) is 9.00. The van der Waals surface area contributed by atoms with E-state index in [1.54, 1.807) is 12.1 Å². The summed E-state index contributed by atoms with van der Waals surface area (Å²) in [6, 6.07) is 6.37. The zero-order chi connectivity index (χ0) is 13.7. The minimum absolute atomic E-state index is 0.0618. The summed E-state index contributed by atoms with van der Waals surface area (Å²) in [5.74, 6) is -0.477. The van der Waals surface area contributed by atoms with Crippen LogP contribution in [0.5, 0.6) is 11.5 Å². The maximum Gasteiger partial charge on any atom is 0.201 e. The minimum Gasteiger partial charge on any atom is -0.507 e. The first-order valence-corrected chi connectivity index (χ1v) is 7.14. The van der Waals surface area contributed by atoms with Crippen molar-refractivity contribution in [3.63, 3.8) is 0 Å². The molecule has 3 nitrogen and oxygen atoms in total. The molecule has 2 aromatic carbocycles. The second-order valence-electron chi connectivity index (χ2n) is 4.35. The van der Waals surface area contributed by atoms with Crippen LogP contribution in [0.3, 0.4) is 0 Å². The Labute approximate surface area is 126 Å². The maximum absolute atomic E-state index is 12.5. The average molecular weight is 384 g/mol. The molecule has 3 rings (SSSR count). The summed E-state index contributed by atoms with van der Waals surface area (Å²) in [7, 11) is 0. The average Bonchev–Trinajstić information content (AvgIpc) is 2.38. The highest BCUT2D eigenvalue weighted by molar-refractivity contribution is 9.10. The minimum atomic E-state index is -0.353. The Bertz CT molecular complexity index is 664. The number of benzene rings is 2. The zero-order valence-corrected chi connectivity index (χ0v) is 12.7. The lowest BCUT2D eigenvalue weighted by Gasteiger charge is -2.22. The standard InChI is InChI=1S/C14H8Br2O3/c15-8-1-3-10(17)12-6(8)5-7-9(16)2-4-11(18)13(7)14(12)19/h1-4,17-18H,5H2. The molecule has 1 aliphatic carbocycles. The van der Waals surface area contributed by atoms with Crippen LogP contribution >= 0.6 is 31.9 Å². The highest BCUT2D eigenvalue weighted by Gasteiger charge is 2.31. The predicted molar refractivity (Wildman–Crippen MR) is 77.9 cm³/mol. The molecule has 2 aromatic rings. The predicted octanol–water partition coefficient (Wildman–Crippen LogP) is 3.76. The van der Waals surface area contributed by atoms with E-state index >= 15 is 0 Å². The normalized spacial score (nSPS) is 13.1. The monoisotopic (exact) mass is 382 g/mol. The molecule has 0 saturated heterocycles. The lowest BCUT2D eigenvalue weighted by molar-refractivity contribution is 0.102. The molecule has 0 unspecified atom stereocenters. The number of phenols is 2. The van der Waals surface area contributed by atoms with Gasteiger partial charge in [0.2, 0.25) is 5.78 Å². The molecule has 0 fully saturated rings. The van der Waals surface area contributed by atoms with Crippen LogP contribution in [0.15, 0.2) is 33.2 Å². The van der Waals surface area contributed by atoms with Gasteiger partial charge in [0.05, 0.1) is 11.1 Å². The Morgan fingerprint density at radius 1 is 0.842 bits per heavy atom. The fourth-order valence-electron chi connectivity index (χ4n) is 2.37. The van der Waals surface area contributed by atoms with Crippen LogP contribution in [-0.2, 0) is 6.42 Å². The molecule has 1 aliphatic rings. The summed E-state index contributed by atoms with van der Waals surface area (Å²) in [6.07, 6.45) is 0.473. The van der Waals surface area contributed by atoms with E-state index in [1.807, 2.05) is 0 Å². The summed E-state index contributed by atoms with van der Waals surface area (Å²) in [5.41, 5.74) is 2.00. The molecule has 0 saturated carbocycles. The zero-order valence-electron chi connectivity index (χ0n) is 9.58. The molecule has 0 heterocycles. The third-order valence-corrected chi connectivity index (χ3v) is 4.76. The number of halogens is 2. The molecule has 0 spiro atoms. The van der Waals surface area contributed by atoms with Gasteiger partial charge in [-0.25, -0.2) is 0 Å². The molecule has 2 N–H and O–H groups in total. The van der Waals surface area contributed by atoms with Crippen molar-refractivity contribution in [2.45, 2.75) is 6.42 Å². The van der Waals surface area contributed by atoms with Gasteiger partial charge < -0.3 is 10.2 Å². The van der Waals surface area contributed by atoms with E-state index in [-0.39, 0.29) is 28.4 Å². The Morgan fingerprint density at radius 2 is 1.26 bits per heavy atom. The molecule has 96 valence electrons. The van der Waals surface area contributed by atoms with Crippen LogP contribution in [-0.4, -0.2) is 16.0 Å². The van der Waals surface area contributed by atoms with Crippen LogP contribution < -0.4 is 0 Å². The van der Waals surface area contributed by atoms with Gasteiger partial charge in [-0.05, 0) is 35.4 Å². The Morgan fingerprint density at radius 3 is 1.68 bits per heavy atom. The van der Waals surface area contributed by atoms with Gasteiger partial charge in [0, 0.05) is 15.4 Å². The van der Waals surface area contributed by atoms with Crippen LogP contribution in [0.2, 0.25) is 0 Å². The number of fused-ring (bicyclic) bond motifs is 2. The number of carbonyl (C=O) groups excluding carboxylic acids is 1. The number of hydrogen-bond acceptors (Lipinski definition) is 3. The van der Waals surface area contributed by atoms with E-state index < -0.39 is 0 Å². The molecular weight excluding hydrogens is 376 g/mol. The number of rotatable bonds is 0. The highest BCUT2D eigenvalue weighted by atomic mass is 79.9. The molecule has 5 heteroatoms. The Hall–Kier alpha value is -1.33. The van der Waals surface area contributed by atoms with Crippen molar-refractivity contribution in [3.05, 3.63) is 55.5 Å². The van der Waals surface area contributed by atoms with Crippen molar-refractivity contribution < 1.29 is 15.0 Å². The van der Waals surface area contributed by atoms with Gasteiger partial charge >= 0.3 is 0 Å². The van der Waals surface area contributed by atoms with Crippen molar-refractivity contribution in [2.75, 3.05) is 0 Å². The third kappa shape index (κ3) is 1.80. The Balaban J connectivity index is 2.35. The summed E-state index contributed by atoms with van der Waals surface area (Å²) >= 11 is 6.79. The quantitative estimate of drug-likeness (QED) is 0.621. The topological polar surface area (TPSA) is 57.5 Å². The summed E-state index contributed by atoms with van der Waals surface area (Å²) in [4.78, 5) is 12.5. The number of phenolic OH excluding ortho intramolecular Hbond substituents is 2. The number of aromatic hydroxyl groups is 2. The molecule has 0 aromatic heterocycles. The number of ketones is 1. The summed E-state index contributed by atoms with van der Waals surface area (Å²) < 4.78 is 1.55. The summed E-state index contributed by atoms with van der Waals surface area (Å²) in [5, 5.41) is 19.8. The van der Waals surface area contributed by atoms with Gasteiger partial charge in [-0.2, -0.15) is 0 Å². The van der Waals surface area contributed by atoms with Crippen molar-refractivity contribution in [1.82, 2.24) is 0 Å². The summed E-state index contributed by atoms with van der Waals surface area (Å²) in [6.45, 7) is 0. The molecular formula is C14H8Br2O3.